The minimum Gasteiger partial charge on any atom is -0.444 e. The molecular formula is C20H38N4O2. The summed E-state index contributed by atoms with van der Waals surface area (Å²) in [5, 5.41) is 3.47. The van der Waals surface area contributed by atoms with Gasteiger partial charge in [-0.3, -0.25) is 4.90 Å². The molecule has 3 aliphatic rings. The van der Waals surface area contributed by atoms with Crippen molar-refractivity contribution in [2.24, 2.45) is 5.92 Å². The van der Waals surface area contributed by atoms with Crippen LogP contribution in [0.15, 0.2) is 0 Å². The van der Waals surface area contributed by atoms with Gasteiger partial charge in [0, 0.05) is 51.9 Å². The molecule has 26 heavy (non-hydrogen) atoms. The number of nitrogens with one attached hydrogen (secondary N) is 1. The van der Waals surface area contributed by atoms with Gasteiger partial charge in [-0.1, -0.05) is 0 Å². The largest absolute Gasteiger partial charge is 0.444 e. The first-order valence-electron chi connectivity index (χ1n) is 10.6. The lowest BCUT2D eigenvalue weighted by Gasteiger charge is -2.42. The number of hydrogen-bond acceptors (Lipinski definition) is 5. The Bertz CT molecular complexity index is 443. The highest BCUT2D eigenvalue weighted by Crippen LogP contribution is 2.22. The molecule has 6 heteroatoms. The first-order chi connectivity index (χ1) is 12.4. The molecule has 0 aromatic rings. The molecule has 1 N–H and O–H groups in total. The van der Waals surface area contributed by atoms with Crippen molar-refractivity contribution in [3.8, 4) is 0 Å². The van der Waals surface area contributed by atoms with Gasteiger partial charge in [-0.15, -0.1) is 0 Å². The van der Waals surface area contributed by atoms with Crippen molar-refractivity contribution in [1.29, 1.82) is 0 Å². The van der Waals surface area contributed by atoms with Gasteiger partial charge in [-0.2, -0.15) is 0 Å². The number of likely N-dealkylation sites (tertiary alicyclic amines) is 1. The lowest BCUT2D eigenvalue weighted by atomic mass is 9.96. The number of hydrogen-bond donors (Lipinski definition) is 1. The van der Waals surface area contributed by atoms with E-state index >= 15 is 0 Å². The van der Waals surface area contributed by atoms with Gasteiger partial charge in [0.05, 0.1) is 0 Å². The number of piperazine rings is 1. The van der Waals surface area contributed by atoms with E-state index in [1.165, 1.54) is 58.7 Å². The molecule has 0 spiro atoms. The Kier molecular flexibility index (Phi) is 6.81. The zero-order valence-electron chi connectivity index (χ0n) is 17.0. The minimum absolute atomic E-state index is 0.147. The Morgan fingerprint density at radius 3 is 2.15 bits per heavy atom. The van der Waals surface area contributed by atoms with E-state index < -0.39 is 5.60 Å². The van der Waals surface area contributed by atoms with Crippen molar-refractivity contribution in [1.82, 2.24) is 20.0 Å². The number of piperidine rings is 2. The van der Waals surface area contributed by atoms with Crippen LogP contribution in [-0.4, -0.2) is 91.3 Å². The van der Waals surface area contributed by atoms with Crippen molar-refractivity contribution in [3.63, 3.8) is 0 Å². The summed E-state index contributed by atoms with van der Waals surface area (Å²) >= 11 is 0. The van der Waals surface area contributed by atoms with Gasteiger partial charge in [0.15, 0.2) is 0 Å². The van der Waals surface area contributed by atoms with Crippen LogP contribution in [0.25, 0.3) is 0 Å². The molecule has 0 radical (unpaired) electrons. The van der Waals surface area contributed by atoms with Crippen LogP contribution >= 0.6 is 0 Å². The fourth-order valence-corrected chi connectivity index (χ4v) is 4.47. The number of carbonyl (C=O) groups is 1. The predicted molar refractivity (Wildman–Crippen MR) is 104 cm³/mol. The Balaban J connectivity index is 1.34. The van der Waals surface area contributed by atoms with Gasteiger partial charge >= 0.3 is 6.09 Å². The molecule has 3 rings (SSSR count). The highest BCUT2D eigenvalue weighted by molar-refractivity contribution is 5.68. The van der Waals surface area contributed by atoms with E-state index in [-0.39, 0.29) is 6.09 Å². The molecule has 0 aromatic heterocycles. The van der Waals surface area contributed by atoms with Gasteiger partial charge in [0.25, 0.3) is 0 Å². The predicted octanol–water partition coefficient (Wildman–Crippen LogP) is 2.00. The molecule has 0 unspecified atom stereocenters. The fourth-order valence-electron chi connectivity index (χ4n) is 4.47. The Morgan fingerprint density at radius 1 is 0.962 bits per heavy atom. The maximum Gasteiger partial charge on any atom is 0.410 e. The minimum atomic E-state index is -0.401. The molecule has 3 aliphatic heterocycles. The summed E-state index contributed by atoms with van der Waals surface area (Å²) in [5.41, 5.74) is -0.401. The van der Waals surface area contributed by atoms with Gasteiger partial charge in [-0.05, 0) is 65.5 Å². The monoisotopic (exact) mass is 366 g/mol. The Labute approximate surface area is 159 Å². The van der Waals surface area contributed by atoms with Crippen molar-refractivity contribution in [2.75, 3.05) is 58.9 Å². The van der Waals surface area contributed by atoms with E-state index in [4.69, 9.17) is 4.74 Å². The van der Waals surface area contributed by atoms with Crippen LogP contribution in [0.4, 0.5) is 4.79 Å². The molecule has 3 saturated heterocycles. The number of carbonyl (C=O) groups excluding carboxylic acids is 1. The second kappa shape index (κ2) is 8.89. The maximum absolute atomic E-state index is 12.2. The van der Waals surface area contributed by atoms with Crippen LogP contribution < -0.4 is 5.32 Å². The van der Waals surface area contributed by atoms with E-state index in [2.05, 4.69) is 15.1 Å². The highest BCUT2D eigenvalue weighted by atomic mass is 16.6. The van der Waals surface area contributed by atoms with E-state index in [9.17, 15) is 4.79 Å². The molecule has 0 bridgehead atoms. The highest BCUT2D eigenvalue weighted by Gasteiger charge is 2.29. The average molecular weight is 367 g/mol. The van der Waals surface area contributed by atoms with Crippen LogP contribution in [0.2, 0.25) is 0 Å². The second-order valence-electron chi connectivity index (χ2n) is 9.23. The van der Waals surface area contributed by atoms with Crippen LogP contribution in [0.3, 0.4) is 0 Å². The zero-order valence-corrected chi connectivity index (χ0v) is 17.0. The van der Waals surface area contributed by atoms with Crippen LogP contribution in [0.1, 0.15) is 46.5 Å². The number of rotatable bonds is 3. The van der Waals surface area contributed by atoms with Gasteiger partial charge < -0.3 is 19.9 Å². The van der Waals surface area contributed by atoms with E-state index in [0.717, 1.165) is 37.9 Å². The maximum atomic E-state index is 12.2. The van der Waals surface area contributed by atoms with E-state index in [1.807, 2.05) is 25.7 Å². The first-order valence-corrected chi connectivity index (χ1v) is 10.6. The lowest BCUT2D eigenvalue weighted by Crippen LogP contribution is -2.53. The molecule has 1 amide bonds. The number of ether oxygens (including phenoxy) is 1. The Morgan fingerprint density at radius 2 is 1.58 bits per heavy atom. The van der Waals surface area contributed by atoms with Crippen LogP contribution in [0.5, 0.6) is 0 Å². The van der Waals surface area contributed by atoms with Crippen LogP contribution in [0, 0.1) is 5.92 Å². The first kappa shape index (κ1) is 19.9. The standard InChI is InChI=1S/C20H38N4O2/c1-20(2,3)26-19(25)24-10-6-17(7-11-24)16-22-12-14-23(15-13-22)18-4-8-21-9-5-18/h17-18,21H,4-16H2,1-3H3. The topological polar surface area (TPSA) is 48.1 Å². The van der Waals surface area contributed by atoms with Crippen molar-refractivity contribution >= 4 is 6.09 Å². The van der Waals surface area contributed by atoms with E-state index in [1.54, 1.807) is 0 Å². The number of amides is 1. The van der Waals surface area contributed by atoms with Gasteiger partial charge in [0.2, 0.25) is 0 Å². The molecule has 6 nitrogen and oxygen atoms in total. The fraction of sp³-hybridized carbons (Fsp3) is 0.950. The smallest absolute Gasteiger partial charge is 0.410 e. The summed E-state index contributed by atoms with van der Waals surface area (Å²) in [6.07, 6.45) is 4.68. The summed E-state index contributed by atoms with van der Waals surface area (Å²) < 4.78 is 5.50. The third kappa shape index (κ3) is 5.83. The van der Waals surface area contributed by atoms with Crippen LogP contribution in [-0.2, 0) is 4.74 Å². The SMILES string of the molecule is CC(C)(C)OC(=O)N1CCC(CN2CCN(C3CCNCC3)CC2)CC1. The third-order valence-electron chi connectivity index (χ3n) is 6.01. The number of nitrogens with zero attached hydrogens (tertiary/aromatic N) is 3. The Hall–Kier alpha value is -0.850. The molecule has 3 heterocycles. The third-order valence-corrected chi connectivity index (χ3v) is 6.01. The molecule has 0 aliphatic carbocycles. The van der Waals surface area contributed by atoms with Crippen molar-refractivity contribution < 1.29 is 9.53 Å². The molecule has 0 saturated carbocycles. The molecular weight excluding hydrogens is 328 g/mol. The summed E-state index contributed by atoms with van der Waals surface area (Å²) in [4.78, 5) is 19.4. The molecule has 0 aromatic carbocycles. The molecule has 150 valence electrons. The summed E-state index contributed by atoms with van der Waals surface area (Å²) in [5.74, 6) is 0.721. The van der Waals surface area contributed by atoms with Crippen molar-refractivity contribution in [2.45, 2.75) is 58.1 Å². The van der Waals surface area contributed by atoms with Gasteiger partial charge in [-0.25, -0.2) is 4.79 Å². The molecule has 3 fully saturated rings. The van der Waals surface area contributed by atoms with Gasteiger partial charge in [0.1, 0.15) is 5.60 Å². The quantitative estimate of drug-likeness (QED) is 0.828. The average Bonchev–Trinajstić information content (AvgIpc) is 2.62. The normalized spacial score (nSPS) is 25.4. The second-order valence-corrected chi connectivity index (χ2v) is 9.23. The summed E-state index contributed by atoms with van der Waals surface area (Å²) in [7, 11) is 0. The van der Waals surface area contributed by atoms with Crippen molar-refractivity contribution in [3.05, 3.63) is 0 Å². The summed E-state index contributed by atoms with van der Waals surface area (Å²) in [6.45, 7) is 15.9. The molecule has 0 atom stereocenters. The summed E-state index contributed by atoms with van der Waals surface area (Å²) in [6, 6.07) is 0.801. The lowest BCUT2D eigenvalue weighted by molar-refractivity contribution is 0.0151. The van der Waals surface area contributed by atoms with E-state index in [0.29, 0.717) is 0 Å². The zero-order chi connectivity index (χ0) is 18.6.